The molecule has 32 heavy (non-hydrogen) atoms. The van der Waals surface area contributed by atoms with Crippen LogP contribution in [0, 0.1) is 46.8 Å². The van der Waals surface area contributed by atoms with Crippen molar-refractivity contribution in [2.75, 3.05) is 0 Å². The van der Waals surface area contributed by atoms with Crippen LogP contribution in [0.15, 0.2) is 11.8 Å². The smallest absolute Gasteiger partial charge is 0.347 e. The Hall–Kier alpha value is -1.52. The molecular formula is C27H38O5. The van der Waals surface area contributed by atoms with Gasteiger partial charge in [0.15, 0.2) is 6.10 Å². The first-order valence-corrected chi connectivity index (χ1v) is 13.1. The molecule has 0 amide bonds. The Morgan fingerprint density at radius 1 is 0.844 bits per heavy atom. The van der Waals surface area contributed by atoms with Gasteiger partial charge in [0.2, 0.25) is 0 Å². The molecule has 0 aromatic carbocycles. The first-order chi connectivity index (χ1) is 15.2. The average molecular weight is 443 g/mol. The van der Waals surface area contributed by atoms with Gasteiger partial charge in [-0.15, -0.1) is 0 Å². The van der Waals surface area contributed by atoms with E-state index in [2.05, 4.69) is 6.92 Å². The lowest BCUT2D eigenvalue weighted by Crippen LogP contribution is -2.58. The van der Waals surface area contributed by atoms with Crippen molar-refractivity contribution in [3.05, 3.63) is 11.8 Å². The van der Waals surface area contributed by atoms with E-state index >= 15 is 0 Å². The maximum atomic E-state index is 13.0. The van der Waals surface area contributed by atoms with Crippen molar-refractivity contribution in [3.8, 4) is 0 Å². The zero-order chi connectivity index (χ0) is 22.3. The fourth-order valence-corrected chi connectivity index (χ4v) is 9.65. The van der Waals surface area contributed by atoms with Crippen molar-refractivity contribution < 1.29 is 24.2 Å². The molecule has 176 valence electrons. The largest absolute Gasteiger partial charge is 0.486 e. The number of carbonyl (C=O) groups is 2. The van der Waals surface area contributed by atoms with Crippen LogP contribution >= 0.6 is 0 Å². The summed E-state index contributed by atoms with van der Waals surface area (Å²) in [5.74, 6) is 3.31. The number of carboxylic acid groups (broad SMARTS) is 1. The molecule has 8 aliphatic rings. The molecule has 0 aromatic rings. The van der Waals surface area contributed by atoms with Crippen molar-refractivity contribution in [2.45, 2.75) is 96.2 Å². The molecule has 1 unspecified atom stereocenters. The average Bonchev–Trinajstić information content (AvgIpc) is 2.70. The van der Waals surface area contributed by atoms with Gasteiger partial charge in [0.05, 0.1) is 11.8 Å². The number of rotatable bonds is 6. The quantitative estimate of drug-likeness (QED) is 0.342. The molecule has 5 nitrogen and oxygen atoms in total. The maximum absolute atomic E-state index is 13.0. The van der Waals surface area contributed by atoms with Gasteiger partial charge in [-0.2, -0.15) is 0 Å². The molecule has 0 aliphatic heterocycles. The van der Waals surface area contributed by atoms with E-state index in [4.69, 9.17) is 9.47 Å². The highest BCUT2D eigenvalue weighted by Gasteiger charge is 2.57. The molecule has 0 radical (unpaired) electrons. The fraction of sp³-hybridized carbons (Fsp3) is 0.852. The minimum absolute atomic E-state index is 0.266. The van der Waals surface area contributed by atoms with Gasteiger partial charge in [0, 0.05) is 5.41 Å². The second-order valence-electron chi connectivity index (χ2n) is 12.7. The van der Waals surface area contributed by atoms with Crippen molar-refractivity contribution in [3.63, 3.8) is 0 Å². The summed E-state index contributed by atoms with van der Waals surface area (Å²) >= 11 is 0. The van der Waals surface area contributed by atoms with E-state index in [9.17, 15) is 14.7 Å². The first kappa shape index (κ1) is 21.0. The molecule has 0 aromatic heterocycles. The Morgan fingerprint density at radius 2 is 1.31 bits per heavy atom. The SMILES string of the molecule is CC(OC=C(C(=O)O)C12CC3CC(CC(C3)C1)C2)C(=O)OC1(C)C2CC3CC(C2)CC1C3. The van der Waals surface area contributed by atoms with E-state index < -0.39 is 12.1 Å². The summed E-state index contributed by atoms with van der Waals surface area (Å²) in [5, 5.41) is 10.1. The van der Waals surface area contributed by atoms with Gasteiger partial charge in [-0.3, -0.25) is 0 Å². The lowest BCUT2D eigenvalue weighted by Gasteiger charge is -2.59. The van der Waals surface area contributed by atoms with E-state index in [1.165, 1.54) is 57.6 Å². The highest BCUT2D eigenvalue weighted by molar-refractivity contribution is 5.88. The predicted octanol–water partition coefficient (Wildman–Crippen LogP) is 5.33. The van der Waals surface area contributed by atoms with Crippen molar-refractivity contribution in [1.29, 1.82) is 0 Å². The van der Waals surface area contributed by atoms with Gasteiger partial charge in [-0.25, -0.2) is 9.59 Å². The minimum atomic E-state index is -0.888. The van der Waals surface area contributed by atoms with Gasteiger partial charge >= 0.3 is 11.9 Å². The van der Waals surface area contributed by atoms with Crippen LogP contribution in [0.4, 0.5) is 0 Å². The summed E-state index contributed by atoms with van der Waals surface area (Å²) in [6.07, 6.45) is 13.4. The van der Waals surface area contributed by atoms with Gasteiger partial charge in [-0.1, -0.05) is 0 Å². The van der Waals surface area contributed by atoms with Crippen LogP contribution in [0.1, 0.15) is 84.5 Å². The second-order valence-corrected chi connectivity index (χ2v) is 12.7. The van der Waals surface area contributed by atoms with Crippen molar-refractivity contribution >= 4 is 11.9 Å². The Labute approximate surface area is 191 Å². The van der Waals surface area contributed by atoms with Crippen LogP contribution < -0.4 is 0 Å². The maximum Gasteiger partial charge on any atom is 0.347 e. The Bertz CT molecular complexity index is 778. The summed E-state index contributed by atoms with van der Waals surface area (Å²) in [6.45, 7) is 3.84. The van der Waals surface area contributed by atoms with Crippen LogP contribution in [0.2, 0.25) is 0 Å². The second kappa shape index (κ2) is 7.24. The molecule has 8 bridgehead atoms. The summed E-state index contributed by atoms with van der Waals surface area (Å²) in [6, 6.07) is 0. The molecule has 1 N–H and O–H groups in total. The molecule has 8 saturated carbocycles. The normalized spacial score (nSPS) is 49.2. The molecule has 0 saturated heterocycles. The molecule has 0 heterocycles. The van der Waals surface area contributed by atoms with Crippen molar-refractivity contribution in [1.82, 2.24) is 0 Å². The zero-order valence-corrected chi connectivity index (χ0v) is 19.6. The number of carbonyl (C=O) groups excluding carboxylic acids is 1. The number of carboxylic acids is 1. The van der Waals surface area contributed by atoms with Crippen LogP contribution in [-0.2, 0) is 19.1 Å². The Kier molecular flexibility index (Phi) is 4.76. The number of hydrogen-bond acceptors (Lipinski definition) is 4. The molecule has 8 aliphatic carbocycles. The fourth-order valence-electron chi connectivity index (χ4n) is 9.65. The Morgan fingerprint density at radius 3 is 1.78 bits per heavy atom. The van der Waals surface area contributed by atoms with E-state index in [-0.39, 0.29) is 17.0 Å². The van der Waals surface area contributed by atoms with Gasteiger partial charge < -0.3 is 14.6 Å². The number of ether oxygens (including phenoxy) is 2. The topological polar surface area (TPSA) is 72.8 Å². The predicted molar refractivity (Wildman–Crippen MR) is 118 cm³/mol. The van der Waals surface area contributed by atoms with E-state index in [1.807, 2.05) is 0 Å². The van der Waals surface area contributed by atoms with E-state index in [0.29, 0.717) is 35.2 Å². The summed E-state index contributed by atoms with van der Waals surface area (Å²) in [4.78, 5) is 25.3. The van der Waals surface area contributed by atoms with Crippen LogP contribution in [0.5, 0.6) is 0 Å². The minimum Gasteiger partial charge on any atom is -0.486 e. The van der Waals surface area contributed by atoms with Crippen LogP contribution in [0.3, 0.4) is 0 Å². The number of hydrogen-bond donors (Lipinski definition) is 1. The third-order valence-electron chi connectivity index (χ3n) is 10.6. The third kappa shape index (κ3) is 3.24. The molecule has 1 atom stereocenters. The molecule has 8 rings (SSSR count). The van der Waals surface area contributed by atoms with Crippen molar-refractivity contribution in [2.24, 2.45) is 46.8 Å². The van der Waals surface area contributed by atoms with Crippen LogP contribution in [0.25, 0.3) is 0 Å². The lowest BCUT2D eigenvalue weighted by atomic mass is 9.48. The number of aliphatic carboxylic acids is 1. The van der Waals surface area contributed by atoms with Gasteiger partial charge in [-0.05, 0) is 126 Å². The first-order valence-electron chi connectivity index (χ1n) is 13.1. The van der Waals surface area contributed by atoms with E-state index in [0.717, 1.165) is 31.1 Å². The van der Waals surface area contributed by atoms with E-state index in [1.54, 1.807) is 6.92 Å². The highest BCUT2D eigenvalue weighted by Crippen LogP contribution is 2.63. The highest BCUT2D eigenvalue weighted by atomic mass is 16.6. The van der Waals surface area contributed by atoms with Crippen LogP contribution in [-0.4, -0.2) is 28.8 Å². The molecule has 0 spiro atoms. The Balaban J connectivity index is 1.15. The monoisotopic (exact) mass is 442 g/mol. The van der Waals surface area contributed by atoms with Gasteiger partial charge in [0.25, 0.3) is 0 Å². The summed E-state index contributed by atoms with van der Waals surface area (Å²) < 4.78 is 12.0. The number of esters is 1. The third-order valence-corrected chi connectivity index (χ3v) is 10.6. The molecule has 5 heteroatoms. The lowest BCUT2D eigenvalue weighted by molar-refractivity contribution is -0.209. The summed E-state index contributed by atoms with van der Waals surface area (Å²) in [7, 11) is 0. The summed E-state index contributed by atoms with van der Waals surface area (Å²) in [5.41, 5.74) is -0.268. The van der Waals surface area contributed by atoms with Gasteiger partial charge in [0.1, 0.15) is 5.60 Å². The molecule has 8 fully saturated rings. The standard InChI is InChI=1S/C27H38O5/c1-15(25(30)32-26(2)21-7-16-3-17(9-21)10-22(26)8-16)31-14-23(24(28)29)27-11-18-4-19(12-27)6-20(5-18)13-27/h14-22H,3-13H2,1-2H3,(H,28,29). The molecular weight excluding hydrogens is 404 g/mol. The zero-order valence-electron chi connectivity index (χ0n) is 19.6.